The number of hydrogen-bond acceptors (Lipinski definition) is 7. The number of nitrogens with one attached hydrogen (secondary N) is 1. The Balaban J connectivity index is 1.40. The number of esters is 2. The predicted octanol–water partition coefficient (Wildman–Crippen LogP) is 4.00. The second kappa shape index (κ2) is 12.6. The van der Waals surface area contributed by atoms with Gasteiger partial charge in [-0.15, -0.1) is 0 Å². The van der Waals surface area contributed by atoms with E-state index in [1.807, 2.05) is 30.3 Å². The van der Waals surface area contributed by atoms with E-state index in [1.54, 1.807) is 49.4 Å². The van der Waals surface area contributed by atoms with Crippen molar-refractivity contribution < 1.29 is 33.3 Å². The molecule has 3 rings (SSSR count). The predicted molar refractivity (Wildman–Crippen MR) is 125 cm³/mol. The van der Waals surface area contributed by atoms with E-state index in [1.165, 1.54) is 6.07 Å². The molecule has 0 spiro atoms. The van der Waals surface area contributed by atoms with Crippen LogP contribution in [-0.4, -0.2) is 37.7 Å². The highest BCUT2D eigenvalue weighted by molar-refractivity contribution is 6.01. The summed E-state index contributed by atoms with van der Waals surface area (Å²) in [6.07, 6.45) is 0. The van der Waals surface area contributed by atoms with E-state index in [9.17, 15) is 14.4 Å². The Bertz CT molecular complexity index is 1100. The molecule has 1 amide bonds. The van der Waals surface area contributed by atoms with Gasteiger partial charge in [-0.2, -0.15) is 0 Å². The molecule has 3 aromatic carbocycles. The molecular weight excluding hydrogens is 438 g/mol. The second-order valence-corrected chi connectivity index (χ2v) is 7.01. The number of rotatable bonds is 11. The molecule has 34 heavy (non-hydrogen) atoms. The summed E-state index contributed by atoms with van der Waals surface area (Å²) < 4.78 is 21.0. The minimum Gasteiger partial charge on any atom is -0.489 e. The van der Waals surface area contributed by atoms with E-state index < -0.39 is 24.5 Å². The molecular formula is C26H25NO7. The largest absolute Gasteiger partial charge is 0.489 e. The Morgan fingerprint density at radius 3 is 2.09 bits per heavy atom. The Labute approximate surface area is 197 Å². The van der Waals surface area contributed by atoms with Gasteiger partial charge in [-0.05, 0) is 48.9 Å². The summed E-state index contributed by atoms with van der Waals surface area (Å²) in [5.41, 5.74) is 1.54. The van der Waals surface area contributed by atoms with Crippen LogP contribution in [0.25, 0.3) is 0 Å². The van der Waals surface area contributed by atoms with Crippen LogP contribution >= 0.6 is 0 Å². The summed E-state index contributed by atoms with van der Waals surface area (Å²) in [4.78, 5) is 36.0. The first-order valence-corrected chi connectivity index (χ1v) is 10.7. The van der Waals surface area contributed by atoms with Gasteiger partial charge in [0.25, 0.3) is 5.91 Å². The molecule has 0 bridgehead atoms. The van der Waals surface area contributed by atoms with E-state index >= 15 is 0 Å². The van der Waals surface area contributed by atoms with Gasteiger partial charge in [-0.25, -0.2) is 9.59 Å². The number of para-hydroxylation sites is 1. The van der Waals surface area contributed by atoms with Crippen molar-refractivity contribution in [3.05, 3.63) is 90.0 Å². The van der Waals surface area contributed by atoms with Crippen molar-refractivity contribution in [3.63, 3.8) is 0 Å². The lowest BCUT2D eigenvalue weighted by atomic mass is 10.2. The molecule has 8 heteroatoms. The van der Waals surface area contributed by atoms with Crippen LogP contribution in [0.2, 0.25) is 0 Å². The molecule has 8 nitrogen and oxygen atoms in total. The Hall–Kier alpha value is -4.33. The van der Waals surface area contributed by atoms with Gasteiger partial charge in [0.15, 0.2) is 13.2 Å². The van der Waals surface area contributed by atoms with Gasteiger partial charge >= 0.3 is 11.9 Å². The molecule has 0 aliphatic carbocycles. The van der Waals surface area contributed by atoms with Crippen LogP contribution in [0.3, 0.4) is 0 Å². The first kappa shape index (κ1) is 24.3. The lowest BCUT2D eigenvalue weighted by Gasteiger charge is -2.11. The monoisotopic (exact) mass is 463 g/mol. The normalized spacial score (nSPS) is 10.1. The van der Waals surface area contributed by atoms with Gasteiger partial charge in [0.2, 0.25) is 0 Å². The van der Waals surface area contributed by atoms with Crippen molar-refractivity contribution in [3.8, 4) is 11.5 Å². The zero-order chi connectivity index (χ0) is 24.2. The average Bonchev–Trinajstić information content (AvgIpc) is 2.86. The van der Waals surface area contributed by atoms with Crippen LogP contribution in [-0.2, 0) is 25.7 Å². The van der Waals surface area contributed by atoms with Gasteiger partial charge in [0.05, 0.1) is 17.9 Å². The summed E-state index contributed by atoms with van der Waals surface area (Å²) in [6, 6.07) is 23.0. The Morgan fingerprint density at radius 1 is 0.735 bits per heavy atom. The third kappa shape index (κ3) is 7.67. The highest BCUT2D eigenvalue weighted by Crippen LogP contribution is 2.19. The molecule has 0 unspecified atom stereocenters. The minimum atomic E-state index is -0.710. The van der Waals surface area contributed by atoms with Crippen molar-refractivity contribution >= 4 is 23.5 Å². The minimum absolute atomic E-state index is 0.210. The fourth-order valence-electron chi connectivity index (χ4n) is 2.87. The third-order valence-corrected chi connectivity index (χ3v) is 4.49. The van der Waals surface area contributed by atoms with Crippen LogP contribution in [0, 0.1) is 0 Å². The van der Waals surface area contributed by atoms with Gasteiger partial charge in [0.1, 0.15) is 18.1 Å². The van der Waals surface area contributed by atoms with Crippen molar-refractivity contribution in [2.45, 2.75) is 13.5 Å². The summed E-state index contributed by atoms with van der Waals surface area (Å²) in [7, 11) is 0. The molecule has 0 saturated carbocycles. The quantitative estimate of drug-likeness (QED) is 0.429. The molecule has 0 aliphatic heterocycles. The highest BCUT2D eigenvalue weighted by Gasteiger charge is 2.15. The Morgan fingerprint density at radius 2 is 1.38 bits per heavy atom. The third-order valence-electron chi connectivity index (χ3n) is 4.49. The number of carbonyl (C=O) groups excluding carboxylic acids is 3. The SMILES string of the molecule is CCOC(=O)c1ccccc1NC(=O)COC(=O)COc1ccc(OCc2ccccc2)cc1. The number of hydrogen-bond donors (Lipinski definition) is 1. The fourth-order valence-corrected chi connectivity index (χ4v) is 2.87. The van der Waals surface area contributed by atoms with Crippen LogP contribution in [0.4, 0.5) is 5.69 Å². The van der Waals surface area contributed by atoms with Crippen molar-refractivity contribution in [1.82, 2.24) is 0 Å². The number of carbonyl (C=O) groups is 3. The molecule has 3 aromatic rings. The first-order valence-electron chi connectivity index (χ1n) is 10.7. The van der Waals surface area contributed by atoms with Gasteiger partial charge in [0, 0.05) is 0 Å². The number of ether oxygens (including phenoxy) is 4. The Kier molecular flexibility index (Phi) is 9.04. The second-order valence-electron chi connectivity index (χ2n) is 7.01. The van der Waals surface area contributed by atoms with E-state index in [0.29, 0.717) is 18.1 Å². The molecule has 0 radical (unpaired) electrons. The van der Waals surface area contributed by atoms with Crippen LogP contribution < -0.4 is 14.8 Å². The topological polar surface area (TPSA) is 100 Å². The average molecular weight is 463 g/mol. The fraction of sp³-hybridized carbons (Fsp3) is 0.192. The summed E-state index contributed by atoms with van der Waals surface area (Å²) in [5, 5.41) is 2.54. The van der Waals surface area contributed by atoms with Gasteiger partial charge < -0.3 is 24.3 Å². The van der Waals surface area contributed by atoms with E-state index in [4.69, 9.17) is 18.9 Å². The van der Waals surface area contributed by atoms with Crippen LogP contribution in [0.1, 0.15) is 22.8 Å². The lowest BCUT2D eigenvalue weighted by molar-refractivity contribution is -0.149. The molecule has 176 valence electrons. The number of amides is 1. The molecule has 1 N–H and O–H groups in total. The number of benzene rings is 3. The zero-order valence-electron chi connectivity index (χ0n) is 18.7. The maximum atomic E-state index is 12.1. The van der Waals surface area contributed by atoms with Crippen molar-refractivity contribution in [1.29, 1.82) is 0 Å². The molecule has 0 heterocycles. The maximum Gasteiger partial charge on any atom is 0.344 e. The summed E-state index contributed by atoms with van der Waals surface area (Å²) in [5.74, 6) is -0.737. The first-order chi connectivity index (χ1) is 16.5. The van der Waals surface area contributed by atoms with Crippen molar-refractivity contribution in [2.75, 3.05) is 25.1 Å². The van der Waals surface area contributed by atoms with Crippen molar-refractivity contribution in [2.24, 2.45) is 0 Å². The van der Waals surface area contributed by atoms with E-state index in [0.717, 1.165) is 5.56 Å². The maximum absolute atomic E-state index is 12.1. The van der Waals surface area contributed by atoms with Crippen LogP contribution in [0.15, 0.2) is 78.9 Å². The standard InChI is InChI=1S/C26H25NO7/c1-2-31-26(30)22-10-6-7-11-23(22)27-24(28)17-34-25(29)18-33-21-14-12-20(13-15-21)32-16-19-8-4-3-5-9-19/h3-15H,2,16-18H2,1H3,(H,27,28). The lowest BCUT2D eigenvalue weighted by Crippen LogP contribution is -2.24. The van der Waals surface area contributed by atoms with Crippen LogP contribution in [0.5, 0.6) is 11.5 Å². The van der Waals surface area contributed by atoms with Gasteiger partial charge in [-0.3, -0.25) is 4.79 Å². The molecule has 0 fully saturated rings. The van der Waals surface area contributed by atoms with Gasteiger partial charge in [-0.1, -0.05) is 42.5 Å². The number of anilines is 1. The molecule has 0 aliphatic rings. The summed E-state index contributed by atoms with van der Waals surface area (Å²) >= 11 is 0. The summed E-state index contributed by atoms with van der Waals surface area (Å²) in [6.45, 7) is 1.46. The van der Waals surface area contributed by atoms with E-state index in [-0.39, 0.29) is 24.5 Å². The highest BCUT2D eigenvalue weighted by atomic mass is 16.6. The smallest absolute Gasteiger partial charge is 0.344 e. The molecule has 0 aromatic heterocycles. The molecule has 0 saturated heterocycles. The zero-order valence-corrected chi connectivity index (χ0v) is 18.7. The molecule has 0 atom stereocenters. The van der Waals surface area contributed by atoms with E-state index in [2.05, 4.69) is 5.32 Å².